The van der Waals surface area contributed by atoms with Crippen molar-refractivity contribution in [3.05, 3.63) is 29.3 Å². The van der Waals surface area contributed by atoms with E-state index in [9.17, 15) is 19.2 Å². The minimum atomic E-state index is -0.926. The van der Waals surface area contributed by atoms with Gasteiger partial charge in [-0.2, -0.15) is 0 Å². The third-order valence-corrected chi connectivity index (χ3v) is 6.18. The Bertz CT molecular complexity index is 870. The summed E-state index contributed by atoms with van der Waals surface area (Å²) in [5, 5.41) is 5.62. The SMILES string of the molecule is O=C1CCC(N2C(=O)c3cccc(N4C[C@H]5CNC[C@H]5C4)c3C2=O)C(=O)N1. The maximum Gasteiger partial charge on any atom is 0.264 e. The fourth-order valence-corrected chi connectivity index (χ4v) is 4.81. The number of carbonyl (C=O) groups is 4. The van der Waals surface area contributed by atoms with Crippen molar-refractivity contribution in [1.29, 1.82) is 0 Å². The summed E-state index contributed by atoms with van der Waals surface area (Å²) in [6, 6.07) is 4.39. The maximum absolute atomic E-state index is 13.2. The minimum Gasteiger partial charge on any atom is -0.370 e. The molecule has 4 amide bonds. The van der Waals surface area contributed by atoms with Crippen LogP contribution in [-0.4, -0.2) is 60.7 Å². The van der Waals surface area contributed by atoms with Crippen molar-refractivity contribution in [1.82, 2.24) is 15.5 Å². The van der Waals surface area contributed by atoms with Gasteiger partial charge in [0.05, 0.1) is 16.8 Å². The van der Waals surface area contributed by atoms with Crippen LogP contribution >= 0.6 is 0 Å². The first-order chi connectivity index (χ1) is 13.0. The molecule has 1 aromatic rings. The molecular weight excluding hydrogens is 348 g/mol. The van der Waals surface area contributed by atoms with Gasteiger partial charge in [0, 0.05) is 32.6 Å². The van der Waals surface area contributed by atoms with Crippen LogP contribution in [-0.2, 0) is 9.59 Å². The number of amides is 4. The topological polar surface area (TPSA) is 98.8 Å². The quantitative estimate of drug-likeness (QED) is 0.698. The van der Waals surface area contributed by atoms with E-state index >= 15 is 0 Å². The van der Waals surface area contributed by atoms with Gasteiger partial charge in [-0.1, -0.05) is 6.07 Å². The Morgan fingerprint density at radius 2 is 1.70 bits per heavy atom. The van der Waals surface area contributed by atoms with Gasteiger partial charge in [0.1, 0.15) is 6.04 Å². The first-order valence-corrected chi connectivity index (χ1v) is 9.35. The Labute approximate surface area is 155 Å². The van der Waals surface area contributed by atoms with Crippen molar-refractivity contribution in [2.45, 2.75) is 18.9 Å². The monoisotopic (exact) mass is 368 g/mol. The van der Waals surface area contributed by atoms with E-state index in [1.807, 2.05) is 6.07 Å². The Morgan fingerprint density at radius 3 is 2.41 bits per heavy atom. The molecule has 0 aromatic heterocycles. The number of benzene rings is 1. The van der Waals surface area contributed by atoms with Crippen molar-refractivity contribution < 1.29 is 19.2 Å². The molecule has 3 atom stereocenters. The highest BCUT2D eigenvalue weighted by atomic mass is 16.2. The molecule has 0 saturated carbocycles. The van der Waals surface area contributed by atoms with E-state index in [0.29, 0.717) is 23.0 Å². The number of hydrogen-bond acceptors (Lipinski definition) is 6. The lowest BCUT2D eigenvalue weighted by Gasteiger charge is -2.28. The van der Waals surface area contributed by atoms with Crippen LogP contribution in [0.15, 0.2) is 18.2 Å². The number of hydrogen-bond donors (Lipinski definition) is 2. The Morgan fingerprint density at radius 1 is 0.963 bits per heavy atom. The van der Waals surface area contributed by atoms with E-state index in [4.69, 9.17) is 0 Å². The second-order valence-electron chi connectivity index (χ2n) is 7.73. The van der Waals surface area contributed by atoms with Crippen LogP contribution < -0.4 is 15.5 Å². The zero-order valence-electron chi connectivity index (χ0n) is 14.7. The van der Waals surface area contributed by atoms with E-state index in [1.165, 1.54) is 0 Å². The molecule has 1 unspecified atom stereocenters. The molecule has 4 aliphatic heterocycles. The predicted molar refractivity (Wildman–Crippen MR) is 95.2 cm³/mol. The number of carbonyl (C=O) groups excluding carboxylic acids is 4. The Balaban J connectivity index is 1.48. The predicted octanol–water partition coefficient (Wildman–Crippen LogP) is -0.257. The number of anilines is 1. The molecule has 27 heavy (non-hydrogen) atoms. The van der Waals surface area contributed by atoms with Gasteiger partial charge in [0.15, 0.2) is 0 Å². The summed E-state index contributed by atoms with van der Waals surface area (Å²) < 4.78 is 0. The van der Waals surface area contributed by atoms with Crippen LogP contribution in [0.4, 0.5) is 5.69 Å². The van der Waals surface area contributed by atoms with Crippen LogP contribution in [0, 0.1) is 11.8 Å². The molecule has 1 aromatic carbocycles. The first kappa shape index (κ1) is 16.4. The Kier molecular flexibility index (Phi) is 3.58. The zero-order chi connectivity index (χ0) is 18.7. The van der Waals surface area contributed by atoms with Gasteiger partial charge >= 0.3 is 0 Å². The fraction of sp³-hybridized carbons (Fsp3) is 0.474. The summed E-state index contributed by atoms with van der Waals surface area (Å²) in [7, 11) is 0. The van der Waals surface area contributed by atoms with Crippen LogP contribution in [0.25, 0.3) is 0 Å². The summed E-state index contributed by atoms with van der Waals surface area (Å²) in [6.07, 6.45) is 0.296. The number of nitrogens with one attached hydrogen (secondary N) is 2. The average Bonchev–Trinajstić information content (AvgIpc) is 3.30. The fourth-order valence-electron chi connectivity index (χ4n) is 4.81. The van der Waals surface area contributed by atoms with Crippen molar-refractivity contribution in [3.8, 4) is 0 Å². The molecule has 3 fully saturated rings. The number of fused-ring (bicyclic) bond motifs is 2. The number of rotatable bonds is 2. The zero-order valence-corrected chi connectivity index (χ0v) is 14.7. The molecule has 140 valence electrons. The van der Waals surface area contributed by atoms with Gasteiger partial charge in [0.25, 0.3) is 11.8 Å². The van der Waals surface area contributed by atoms with E-state index in [-0.39, 0.29) is 18.7 Å². The molecule has 8 nitrogen and oxygen atoms in total. The van der Waals surface area contributed by atoms with Crippen LogP contribution in [0.1, 0.15) is 33.6 Å². The molecule has 4 heterocycles. The normalized spacial score (nSPS) is 30.0. The van der Waals surface area contributed by atoms with E-state index < -0.39 is 23.8 Å². The van der Waals surface area contributed by atoms with E-state index in [0.717, 1.165) is 36.8 Å². The molecule has 8 heteroatoms. The first-order valence-electron chi connectivity index (χ1n) is 9.35. The van der Waals surface area contributed by atoms with E-state index in [2.05, 4.69) is 15.5 Å². The summed E-state index contributed by atoms with van der Waals surface area (Å²) in [5.74, 6) is -0.726. The lowest BCUT2D eigenvalue weighted by molar-refractivity contribution is -0.136. The van der Waals surface area contributed by atoms with Crippen LogP contribution in [0.2, 0.25) is 0 Å². The number of nitrogens with zero attached hydrogens (tertiary/aromatic N) is 2. The van der Waals surface area contributed by atoms with Crippen LogP contribution in [0.5, 0.6) is 0 Å². The van der Waals surface area contributed by atoms with Gasteiger partial charge in [0.2, 0.25) is 11.8 Å². The summed E-state index contributed by atoms with van der Waals surface area (Å²) in [4.78, 5) is 52.9. The maximum atomic E-state index is 13.2. The largest absolute Gasteiger partial charge is 0.370 e. The standard InChI is InChI=1S/C19H20N4O4/c24-15-5-4-14(17(25)21-15)23-18(26)12-2-1-3-13(16(12)19(23)27)22-8-10-6-20-7-11(10)9-22/h1-3,10-11,14,20H,4-9H2,(H,21,24,25)/t10-,11+,14?. The third kappa shape index (κ3) is 2.39. The van der Waals surface area contributed by atoms with Crippen molar-refractivity contribution in [2.75, 3.05) is 31.1 Å². The third-order valence-electron chi connectivity index (χ3n) is 6.18. The molecule has 0 bridgehead atoms. The van der Waals surface area contributed by atoms with Gasteiger partial charge < -0.3 is 10.2 Å². The van der Waals surface area contributed by atoms with Crippen LogP contribution in [0.3, 0.4) is 0 Å². The highest BCUT2D eigenvalue weighted by molar-refractivity contribution is 6.25. The lowest BCUT2D eigenvalue weighted by Crippen LogP contribution is -2.54. The highest BCUT2D eigenvalue weighted by Gasteiger charge is 2.47. The average molecular weight is 368 g/mol. The summed E-state index contributed by atoms with van der Waals surface area (Å²) >= 11 is 0. The minimum absolute atomic E-state index is 0.124. The number of piperidine rings is 1. The molecule has 5 rings (SSSR count). The summed E-state index contributed by atoms with van der Waals surface area (Å²) in [5.41, 5.74) is 1.51. The summed E-state index contributed by atoms with van der Waals surface area (Å²) in [6.45, 7) is 3.67. The lowest BCUT2D eigenvalue weighted by atomic mass is 10.0. The second-order valence-corrected chi connectivity index (χ2v) is 7.73. The Hall–Kier alpha value is -2.74. The smallest absolute Gasteiger partial charge is 0.264 e. The molecular formula is C19H20N4O4. The molecule has 2 N–H and O–H groups in total. The van der Waals surface area contributed by atoms with Gasteiger partial charge in [-0.3, -0.25) is 29.4 Å². The second kappa shape index (κ2) is 5.88. The van der Waals surface area contributed by atoms with Gasteiger partial charge in [-0.05, 0) is 30.4 Å². The highest BCUT2D eigenvalue weighted by Crippen LogP contribution is 2.38. The van der Waals surface area contributed by atoms with Gasteiger partial charge in [-0.15, -0.1) is 0 Å². The molecule has 4 aliphatic rings. The van der Waals surface area contributed by atoms with Crippen molar-refractivity contribution in [2.24, 2.45) is 11.8 Å². The molecule has 0 spiro atoms. The van der Waals surface area contributed by atoms with E-state index in [1.54, 1.807) is 12.1 Å². The molecule has 3 saturated heterocycles. The number of imide groups is 2. The van der Waals surface area contributed by atoms with Gasteiger partial charge in [-0.25, -0.2) is 0 Å². The molecule has 0 radical (unpaired) electrons. The van der Waals surface area contributed by atoms with Crippen molar-refractivity contribution >= 4 is 29.3 Å². The van der Waals surface area contributed by atoms with Crippen molar-refractivity contribution in [3.63, 3.8) is 0 Å². The molecule has 0 aliphatic carbocycles.